The van der Waals surface area contributed by atoms with Crippen molar-refractivity contribution in [3.05, 3.63) is 111 Å². The number of nitrogens with zero attached hydrogens (tertiary/aromatic N) is 4. The molecule has 3 aliphatic rings. The molecule has 1 saturated carbocycles. The van der Waals surface area contributed by atoms with Gasteiger partial charge in [0.2, 0.25) is 23.4 Å². The number of carbonyl (C=O) groups excluding carboxylic acids is 4. The zero-order valence-corrected chi connectivity index (χ0v) is 42.5. The van der Waals surface area contributed by atoms with E-state index in [1.807, 2.05) is 87.5 Å². The van der Waals surface area contributed by atoms with E-state index in [4.69, 9.17) is 27.6 Å². The Kier molecular flexibility index (Phi) is 15.3. The summed E-state index contributed by atoms with van der Waals surface area (Å²) in [5.74, 6) is 5.82. The second-order valence-electron chi connectivity index (χ2n) is 20.8. The summed E-state index contributed by atoms with van der Waals surface area (Å²) in [5, 5.41) is 16.9. The Bertz CT molecular complexity index is 2680. The van der Waals surface area contributed by atoms with Crippen LogP contribution in [0.1, 0.15) is 120 Å². The first kappa shape index (κ1) is 51.1. The van der Waals surface area contributed by atoms with Gasteiger partial charge in [0.25, 0.3) is 5.91 Å². The third-order valence-electron chi connectivity index (χ3n) is 13.7. The molecule has 3 aromatic carbocycles. The van der Waals surface area contributed by atoms with Crippen molar-refractivity contribution < 1.29 is 33.8 Å². The number of ether oxygens (including phenoxy) is 2. The number of aryl methyl sites for hydroxylation is 1. The Hall–Kier alpha value is -5.77. The second kappa shape index (κ2) is 20.7. The Balaban J connectivity index is 0.849. The van der Waals surface area contributed by atoms with Gasteiger partial charge in [-0.1, -0.05) is 102 Å². The van der Waals surface area contributed by atoms with Gasteiger partial charge in [0.15, 0.2) is 0 Å². The molecule has 0 radical (unpaired) electrons. The predicted molar refractivity (Wildman–Crippen MR) is 268 cm³/mol. The fourth-order valence-corrected chi connectivity index (χ4v) is 11.6. The van der Waals surface area contributed by atoms with Gasteiger partial charge in [0.1, 0.15) is 30.5 Å². The van der Waals surface area contributed by atoms with Gasteiger partial charge in [-0.25, -0.2) is 9.83 Å². The highest BCUT2D eigenvalue weighted by atomic mass is 35.5. The van der Waals surface area contributed by atoms with E-state index in [1.54, 1.807) is 29.5 Å². The first-order valence-corrected chi connectivity index (χ1v) is 24.8. The molecule has 4 aromatic rings. The van der Waals surface area contributed by atoms with Crippen LogP contribution in [0.15, 0.2) is 66.2 Å². The quantitative estimate of drug-likeness (QED) is 0.0606. The number of β-amino-alcohol motifs (C(OH)–C–C–N with tert-alkyl or cyclic N) is 1. The molecule has 3 N–H and O–H groups in total. The lowest BCUT2D eigenvalue weighted by Crippen LogP contribution is -2.74. The van der Waals surface area contributed by atoms with Crippen molar-refractivity contribution in [1.82, 2.24) is 25.4 Å². The standard InChI is InChI=1S/C54H63ClN6O7S/c1-32(35-17-19-36(20-18-35)45-33(2)57-31-69-45)58-47(64)43-26-38(62)29-60(43)49(66)46(52(3,4)5)59-44(63)30-67-24-14-12-11-13-15-34-16-22-40-37(25-34)28-61(48(40)65)50-53(6,7)51(54(50,8)9)68-39-21-23-42(56-10)41(55)27-39/h16-23,25,27,31-32,38,43,46,50-51,62H,11-12,14,24,26,28-30H2,1-9H3,(H,58,64)(H,59,63)/t32-,38+,43-,46?,50?,51?/m0/s1. The molecule has 3 heterocycles. The van der Waals surface area contributed by atoms with Crippen LogP contribution in [0.5, 0.6) is 5.75 Å². The zero-order valence-electron chi connectivity index (χ0n) is 40.9. The largest absolute Gasteiger partial charge is 0.489 e. The monoisotopic (exact) mass is 974 g/mol. The molecule has 13 nitrogen and oxygen atoms in total. The molecule has 69 heavy (non-hydrogen) atoms. The van der Waals surface area contributed by atoms with Crippen LogP contribution in [-0.2, 0) is 25.7 Å². The van der Waals surface area contributed by atoms with E-state index in [0.717, 1.165) is 39.2 Å². The molecule has 4 amide bonds. The molecular weight excluding hydrogens is 912 g/mol. The summed E-state index contributed by atoms with van der Waals surface area (Å²) in [6, 6.07) is 16.5. The third-order valence-corrected chi connectivity index (χ3v) is 15.0. The molecule has 7 rings (SSSR count). The van der Waals surface area contributed by atoms with E-state index in [-0.39, 0.29) is 60.4 Å². The number of rotatable bonds is 15. The lowest BCUT2D eigenvalue weighted by molar-refractivity contribution is -0.199. The minimum absolute atomic E-state index is 0.000499. The highest BCUT2D eigenvalue weighted by molar-refractivity contribution is 7.13. The van der Waals surface area contributed by atoms with Gasteiger partial charge >= 0.3 is 0 Å². The number of carbonyl (C=O) groups is 4. The SMILES string of the molecule is [C-]#[N+]c1ccc(OC2C(C)(C)C(N3Cc4cc(C#CCCCCOCC(=O)NC(C(=O)N5C[C@H](O)C[C@H]5C(=O)N[C@@H](C)c5ccc(-c6scnc6C)cc5)C(C)(C)C)ccc4C3=O)C2(C)C)cc1Cl. The van der Waals surface area contributed by atoms with E-state index in [9.17, 15) is 24.3 Å². The first-order valence-electron chi connectivity index (χ1n) is 23.5. The van der Waals surface area contributed by atoms with Gasteiger partial charge in [-0.05, 0) is 79.1 Å². The van der Waals surface area contributed by atoms with Gasteiger partial charge in [-0.2, -0.15) is 0 Å². The lowest BCUT2D eigenvalue weighted by atomic mass is 9.49. The molecule has 1 saturated heterocycles. The Morgan fingerprint density at radius 3 is 2.42 bits per heavy atom. The maximum atomic E-state index is 14.1. The summed E-state index contributed by atoms with van der Waals surface area (Å²) < 4.78 is 12.2. The van der Waals surface area contributed by atoms with Gasteiger partial charge in [-0.3, -0.25) is 19.2 Å². The molecule has 2 fully saturated rings. The molecule has 0 bridgehead atoms. The van der Waals surface area contributed by atoms with Crippen LogP contribution in [-0.4, -0.2) is 93.6 Å². The predicted octanol–water partition coefficient (Wildman–Crippen LogP) is 9.07. The van der Waals surface area contributed by atoms with Gasteiger partial charge in [0, 0.05) is 60.5 Å². The van der Waals surface area contributed by atoms with Crippen molar-refractivity contribution in [2.75, 3.05) is 19.8 Å². The van der Waals surface area contributed by atoms with E-state index in [1.165, 1.54) is 4.90 Å². The second-order valence-corrected chi connectivity index (χ2v) is 22.0. The number of nitrogens with one attached hydrogen (secondary N) is 2. The Morgan fingerprint density at radius 1 is 1.04 bits per heavy atom. The number of benzene rings is 3. The molecule has 0 spiro atoms. The van der Waals surface area contributed by atoms with Gasteiger partial charge in [-0.15, -0.1) is 11.3 Å². The van der Waals surface area contributed by atoms with E-state index >= 15 is 0 Å². The number of hydrogen-bond acceptors (Lipinski definition) is 9. The number of halogens is 1. The van der Waals surface area contributed by atoms with Crippen LogP contribution in [0, 0.1) is 41.6 Å². The lowest BCUT2D eigenvalue weighted by Gasteiger charge is -2.65. The maximum absolute atomic E-state index is 14.1. The number of amides is 4. The summed E-state index contributed by atoms with van der Waals surface area (Å²) in [6.07, 6.45) is 1.05. The van der Waals surface area contributed by atoms with Crippen molar-refractivity contribution in [3.63, 3.8) is 0 Å². The summed E-state index contributed by atoms with van der Waals surface area (Å²) in [5.41, 5.74) is 6.13. The van der Waals surface area contributed by atoms with Crippen molar-refractivity contribution in [2.45, 2.75) is 131 Å². The smallest absolute Gasteiger partial charge is 0.254 e. The number of aromatic nitrogens is 1. The van der Waals surface area contributed by atoms with Crippen molar-refractivity contribution in [1.29, 1.82) is 0 Å². The Labute approximate surface area is 415 Å². The van der Waals surface area contributed by atoms with Gasteiger partial charge < -0.3 is 35.0 Å². The number of thiazole rings is 1. The molecule has 2 aliphatic heterocycles. The minimum atomic E-state index is -0.962. The molecular formula is C54H63ClN6O7S. The summed E-state index contributed by atoms with van der Waals surface area (Å²) in [4.78, 5) is 66.9. The van der Waals surface area contributed by atoms with Crippen LogP contribution in [0.4, 0.5) is 5.69 Å². The zero-order chi connectivity index (χ0) is 50.0. The molecule has 364 valence electrons. The van der Waals surface area contributed by atoms with Crippen LogP contribution in [0.2, 0.25) is 5.02 Å². The number of likely N-dealkylation sites (tertiary alicyclic amines) is 1. The van der Waals surface area contributed by atoms with Crippen LogP contribution >= 0.6 is 22.9 Å². The fourth-order valence-electron chi connectivity index (χ4n) is 10.6. The van der Waals surface area contributed by atoms with Crippen molar-refractivity contribution in [3.8, 4) is 28.0 Å². The normalized spacial score (nSPS) is 21.0. The van der Waals surface area contributed by atoms with Crippen molar-refractivity contribution >= 4 is 52.3 Å². The minimum Gasteiger partial charge on any atom is -0.489 e. The topological polar surface area (TPSA) is 155 Å². The summed E-state index contributed by atoms with van der Waals surface area (Å²) in [6.45, 7) is 25.7. The average molecular weight is 976 g/mol. The average Bonchev–Trinajstić information content (AvgIpc) is 4.00. The fraction of sp³-hybridized carbons (Fsp3) is 0.481. The van der Waals surface area contributed by atoms with Crippen LogP contribution < -0.4 is 15.4 Å². The molecule has 1 aliphatic carbocycles. The molecule has 1 aromatic heterocycles. The highest BCUT2D eigenvalue weighted by Gasteiger charge is 2.67. The van der Waals surface area contributed by atoms with Crippen molar-refractivity contribution in [2.24, 2.45) is 16.2 Å². The van der Waals surface area contributed by atoms with Crippen LogP contribution in [0.3, 0.4) is 0 Å². The number of aliphatic hydroxyl groups is 1. The summed E-state index contributed by atoms with van der Waals surface area (Å²) in [7, 11) is 0. The maximum Gasteiger partial charge on any atom is 0.254 e. The number of unbranched alkanes of at least 4 members (excludes halogenated alkanes) is 2. The van der Waals surface area contributed by atoms with Gasteiger partial charge in [0.05, 0.1) is 39.8 Å². The highest BCUT2D eigenvalue weighted by Crippen LogP contribution is 2.59. The Morgan fingerprint density at radius 2 is 1.77 bits per heavy atom. The molecule has 4 atom stereocenters. The van der Waals surface area contributed by atoms with E-state index < -0.39 is 35.4 Å². The number of hydrogen-bond donors (Lipinski definition) is 3. The van der Waals surface area contributed by atoms with E-state index in [0.29, 0.717) is 48.0 Å². The van der Waals surface area contributed by atoms with Crippen LogP contribution in [0.25, 0.3) is 15.3 Å². The van der Waals surface area contributed by atoms with E-state index in [2.05, 4.69) is 60.0 Å². The number of aliphatic hydroxyl groups excluding tert-OH is 1. The third kappa shape index (κ3) is 11.0. The first-order chi connectivity index (χ1) is 32.6. The molecule has 1 unspecified atom stereocenters. The number of fused-ring (bicyclic) bond motifs is 1. The summed E-state index contributed by atoms with van der Waals surface area (Å²) >= 11 is 7.87. The molecule has 15 heteroatoms.